The van der Waals surface area contributed by atoms with E-state index in [0.717, 1.165) is 38.2 Å². The molecule has 2 heterocycles. The Bertz CT molecular complexity index is 522. The summed E-state index contributed by atoms with van der Waals surface area (Å²) in [6.45, 7) is 2.96. The van der Waals surface area contributed by atoms with Gasteiger partial charge < -0.3 is 15.0 Å². The second kappa shape index (κ2) is 5.26. The van der Waals surface area contributed by atoms with Crippen molar-refractivity contribution in [3.8, 4) is 0 Å². The van der Waals surface area contributed by atoms with Crippen molar-refractivity contribution >= 4 is 23.3 Å². The summed E-state index contributed by atoms with van der Waals surface area (Å²) in [5, 5.41) is 4.09. The van der Waals surface area contributed by atoms with Gasteiger partial charge in [0, 0.05) is 29.7 Å². The summed E-state index contributed by atoms with van der Waals surface area (Å²) in [6.07, 6.45) is 1.81. The zero-order valence-corrected chi connectivity index (χ0v) is 12.3. The van der Waals surface area contributed by atoms with Crippen LogP contribution in [0.5, 0.6) is 0 Å². The lowest BCUT2D eigenvalue weighted by atomic mass is 9.78. The second-order valence-electron chi connectivity index (χ2n) is 5.63. The second-order valence-corrected chi connectivity index (χ2v) is 6.07. The highest BCUT2D eigenvalue weighted by Gasteiger charge is 2.52. The Kier molecular flexibility index (Phi) is 3.61. The van der Waals surface area contributed by atoms with Crippen LogP contribution in [-0.2, 0) is 9.53 Å². The van der Waals surface area contributed by atoms with Gasteiger partial charge in [0.15, 0.2) is 0 Å². The Morgan fingerprint density at radius 1 is 1.50 bits per heavy atom. The third kappa shape index (κ3) is 2.27. The lowest BCUT2D eigenvalue weighted by Crippen LogP contribution is -2.57. The number of hydrogen-bond donors (Lipinski definition) is 1. The molecule has 0 saturated carbocycles. The van der Waals surface area contributed by atoms with Gasteiger partial charge in [-0.05, 0) is 37.6 Å². The molecule has 0 aliphatic carbocycles. The van der Waals surface area contributed by atoms with Crippen molar-refractivity contribution in [3.63, 3.8) is 0 Å². The molecule has 2 saturated heterocycles. The number of hydrogen-bond acceptors (Lipinski definition) is 4. The number of ether oxygens (including phenoxy) is 1. The summed E-state index contributed by atoms with van der Waals surface area (Å²) in [6, 6.07) is 7.51. The topological polar surface area (TPSA) is 41.6 Å². The van der Waals surface area contributed by atoms with Crippen LogP contribution in [0.4, 0.5) is 5.69 Å². The summed E-state index contributed by atoms with van der Waals surface area (Å²) in [4.78, 5) is 14.8. The van der Waals surface area contributed by atoms with Gasteiger partial charge in [0.05, 0.1) is 7.11 Å². The van der Waals surface area contributed by atoms with Crippen LogP contribution >= 0.6 is 11.6 Å². The number of carbonyl (C=O) groups is 1. The number of nitrogens with one attached hydrogen (secondary N) is 1. The number of halogens is 1. The number of methoxy groups -OCH3 is 1. The summed E-state index contributed by atoms with van der Waals surface area (Å²) in [5.74, 6) is 0.131. The number of carbonyl (C=O) groups excluding carboxylic acids is 1. The van der Waals surface area contributed by atoms with E-state index in [-0.39, 0.29) is 5.97 Å². The molecule has 1 N–H and O–H groups in total. The highest BCUT2D eigenvalue weighted by molar-refractivity contribution is 6.30. The van der Waals surface area contributed by atoms with Crippen molar-refractivity contribution in [1.29, 1.82) is 0 Å². The summed E-state index contributed by atoms with van der Waals surface area (Å²) in [5.41, 5.74) is 0.259. The van der Waals surface area contributed by atoms with Crippen molar-refractivity contribution in [2.75, 3.05) is 32.1 Å². The Balaban J connectivity index is 1.92. The first-order chi connectivity index (χ1) is 9.64. The molecule has 3 unspecified atom stereocenters. The number of anilines is 1. The molecule has 20 heavy (non-hydrogen) atoms. The minimum Gasteiger partial charge on any atom is -0.467 e. The van der Waals surface area contributed by atoms with Crippen LogP contribution in [0.3, 0.4) is 0 Å². The van der Waals surface area contributed by atoms with Crippen LogP contribution in [0, 0.1) is 5.92 Å². The molecule has 2 aliphatic rings. The lowest BCUT2D eigenvalue weighted by molar-refractivity contribution is -0.149. The van der Waals surface area contributed by atoms with Gasteiger partial charge in [-0.3, -0.25) is 0 Å². The van der Waals surface area contributed by atoms with Crippen LogP contribution in [0.25, 0.3) is 0 Å². The zero-order chi connectivity index (χ0) is 14.2. The van der Waals surface area contributed by atoms with Gasteiger partial charge in [-0.2, -0.15) is 0 Å². The van der Waals surface area contributed by atoms with E-state index in [1.807, 2.05) is 24.3 Å². The van der Waals surface area contributed by atoms with Crippen molar-refractivity contribution < 1.29 is 9.53 Å². The summed E-state index contributed by atoms with van der Waals surface area (Å²) >= 11 is 6.04. The molecule has 108 valence electrons. The first kappa shape index (κ1) is 13.7. The molecular formula is C15H19ClN2O2. The van der Waals surface area contributed by atoms with E-state index in [1.165, 1.54) is 7.11 Å². The molecule has 0 aromatic heterocycles. The monoisotopic (exact) mass is 294 g/mol. The standard InChI is InChI=1S/C15H19ClN2O2/c1-20-14(19)15(6-8-18-7-5-11(15)10-18)17-13-4-2-3-12(16)9-13/h2-4,9,11,17H,5-8,10H2,1H3. The molecule has 2 bridgehead atoms. The van der Waals surface area contributed by atoms with Crippen LogP contribution in [0.15, 0.2) is 24.3 Å². The predicted molar refractivity (Wildman–Crippen MR) is 79.0 cm³/mol. The molecule has 0 amide bonds. The Labute approximate surface area is 124 Å². The summed E-state index contributed by atoms with van der Waals surface area (Å²) < 4.78 is 5.09. The number of rotatable bonds is 3. The maximum Gasteiger partial charge on any atom is 0.331 e. The molecule has 2 fully saturated rings. The number of benzene rings is 1. The van der Waals surface area contributed by atoms with E-state index >= 15 is 0 Å². The highest BCUT2D eigenvalue weighted by atomic mass is 35.5. The van der Waals surface area contributed by atoms with Crippen molar-refractivity contribution in [3.05, 3.63) is 29.3 Å². The Hall–Kier alpha value is -1.26. The SMILES string of the molecule is COC(=O)C1(Nc2cccc(Cl)c2)CCN2CCC1C2. The van der Waals surface area contributed by atoms with Crippen LogP contribution in [0.2, 0.25) is 5.02 Å². The number of nitrogens with zero attached hydrogens (tertiary/aromatic N) is 1. The van der Waals surface area contributed by atoms with Crippen LogP contribution in [0.1, 0.15) is 12.8 Å². The minimum absolute atomic E-state index is 0.163. The average molecular weight is 295 g/mol. The number of esters is 1. The van der Waals surface area contributed by atoms with Gasteiger partial charge in [-0.15, -0.1) is 0 Å². The third-order valence-corrected chi connectivity index (χ3v) is 4.77. The number of fused-ring (bicyclic) bond motifs is 2. The van der Waals surface area contributed by atoms with Crippen molar-refractivity contribution in [2.45, 2.75) is 18.4 Å². The molecule has 1 aromatic carbocycles. The zero-order valence-electron chi connectivity index (χ0n) is 11.6. The quantitative estimate of drug-likeness (QED) is 0.869. The molecule has 5 heteroatoms. The van der Waals surface area contributed by atoms with Crippen molar-refractivity contribution in [1.82, 2.24) is 4.90 Å². The maximum atomic E-state index is 12.4. The third-order valence-electron chi connectivity index (χ3n) is 4.53. The lowest BCUT2D eigenvalue weighted by Gasteiger charge is -2.41. The van der Waals surface area contributed by atoms with E-state index in [9.17, 15) is 4.79 Å². The molecule has 4 nitrogen and oxygen atoms in total. The van der Waals surface area contributed by atoms with Gasteiger partial charge in [-0.1, -0.05) is 17.7 Å². The van der Waals surface area contributed by atoms with Gasteiger partial charge in [0.25, 0.3) is 0 Å². The fourth-order valence-corrected chi connectivity index (χ4v) is 3.66. The maximum absolute atomic E-state index is 12.4. The highest BCUT2D eigenvalue weighted by Crippen LogP contribution is 2.39. The molecule has 3 rings (SSSR count). The van der Waals surface area contributed by atoms with E-state index in [0.29, 0.717) is 10.9 Å². The first-order valence-electron chi connectivity index (χ1n) is 6.98. The van der Waals surface area contributed by atoms with E-state index in [4.69, 9.17) is 16.3 Å². The van der Waals surface area contributed by atoms with Gasteiger partial charge in [-0.25, -0.2) is 4.79 Å². The van der Waals surface area contributed by atoms with Gasteiger partial charge in [0.1, 0.15) is 5.54 Å². The Morgan fingerprint density at radius 2 is 2.35 bits per heavy atom. The average Bonchev–Trinajstić information content (AvgIpc) is 2.86. The fraction of sp³-hybridized carbons (Fsp3) is 0.533. The molecule has 0 radical (unpaired) electrons. The molecule has 1 aromatic rings. The predicted octanol–water partition coefficient (Wildman–Crippen LogP) is 2.39. The van der Waals surface area contributed by atoms with Crippen LogP contribution in [-0.4, -0.2) is 43.2 Å². The molecule has 0 spiro atoms. The largest absolute Gasteiger partial charge is 0.467 e. The summed E-state index contributed by atoms with van der Waals surface area (Å²) in [7, 11) is 1.46. The van der Waals surface area contributed by atoms with E-state index in [2.05, 4.69) is 10.2 Å². The van der Waals surface area contributed by atoms with Crippen LogP contribution < -0.4 is 5.32 Å². The normalized spacial score (nSPS) is 31.9. The van der Waals surface area contributed by atoms with E-state index < -0.39 is 5.54 Å². The molecule has 3 atom stereocenters. The number of piperidine rings is 1. The molecular weight excluding hydrogens is 276 g/mol. The van der Waals surface area contributed by atoms with Gasteiger partial charge in [0.2, 0.25) is 0 Å². The Morgan fingerprint density at radius 3 is 3.10 bits per heavy atom. The molecule has 2 aliphatic heterocycles. The van der Waals surface area contributed by atoms with Crippen molar-refractivity contribution in [2.24, 2.45) is 5.92 Å². The van der Waals surface area contributed by atoms with E-state index in [1.54, 1.807) is 0 Å². The van der Waals surface area contributed by atoms with Gasteiger partial charge >= 0.3 is 5.97 Å². The fourth-order valence-electron chi connectivity index (χ4n) is 3.47. The minimum atomic E-state index is -0.619. The first-order valence-corrected chi connectivity index (χ1v) is 7.36. The smallest absolute Gasteiger partial charge is 0.331 e.